The number of hydrogen-bond acceptors (Lipinski definition) is 14. The second-order valence-electron chi connectivity index (χ2n) is 11.3. The average Bonchev–Trinajstić information content (AvgIpc) is 3.19. The zero-order valence-corrected chi connectivity index (χ0v) is 32.7. The topological polar surface area (TPSA) is 140 Å². The molecule has 56 heavy (non-hydrogen) atoms. The summed E-state index contributed by atoms with van der Waals surface area (Å²) in [5.74, 6) is -0.148. The van der Waals surface area contributed by atoms with E-state index in [4.69, 9.17) is 68.4 Å². The van der Waals surface area contributed by atoms with Crippen LogP contribution in [-0.4, -0.2) is 164 Å². The Morgan fingerprint density at radius 3 is 1.21 bits per heavy atom. The number of anilines is 2. The van der Waals surface area contributed by atoms with Gasteiger partial charge in [0.25, 0.3) is 0 Å². The van der Waals surface area contributed by atoms with E-state index in [-0.39, 0.29) is 24.5 Å². The average molecular weight is 828 g/mol. The first-order valence-electron chi connectivity index (χ1n) is 18.5. The molecule has 0 bridgehead atoms. The molecule has 0 amide bonds. The summed E-state index contributed by atoms with van der Waals surface area (Å²) < 4.78 is 104. The van der Waals surface area contributed by atoms with Crippen LogP contribution >= 0.6 is 11.6 Å². The van der Waals surface area contributed by atoms with Crippen molar-refractivity contribution in [1.82, 2.24) is 0 Å². The van der Waals surface area contributed by atoms with E-state index < -0.39 is 17.7 Å². The minimum absolute atomic E-state index is 0.00427. The lowest BCUT2D eigenvalue weighted by Crippen LogP contribution is -2.16. The third-order valence-electron chi connectivity index (χ3n) is 7.02. The van der Waals surface area contributed by atoms with Crippen LogP contribution in [0.1, 0.15) is 15.9 Å². The summed E-state index contributed by atoms with van der Waals surface area (Å²) in [4.78, 5) is 12.6. The monoisotopic (exact) mass is 827 g/mol. The van der Waals surface area contributed by atoms with Gasteiger partial charge in [-0.3, -0.25) is 0 Å². The van der Waals surface area contributed by atoms with Gasteiger partial charge in [0.05, 0.1) is 162 Å². The zero-order chi connectivity index (χ0) is 40.2. The summed E-state index contributed by atoms with van der Waals surface area (Å²) in [5.41, 5.74) is -0.0975. The maximum Gasteiger partial charge on any atom is 0.416 e. The van der Waals surface area contributed by atoms with E-state index in [1.165, 1.54) is 18.2 Å². The van der Waals surface area contributed by atoms with Gasteiger partial charge in [0.2, 0.25) is 0 Å². The van der Waals surface area contributed by atoms with Gasteiger partial charge in [-0.15, -0.1) is 11.6 Å². The molecule has 2 aromatic carbocycles. The van der Waals surface area contributed by atoms with Gasteiger partial charge in [-0.2, -0.15) is 13.2 Å². The van der Waals surface area contributed by atoms with Gasteiger partial charge in [-0.05, 0) is 30.3 Å². The quantitative estimate of drug-likeness (QED) is 0.0550. The summed E-state index contributed by atoms with van der Waals surface area (Å²) >= 11 is 5.51. The molecule has 0 radical (unpaired) electrons. The third-order valence-corrected chi connectivity index (χ3v) is 7.17. The van der Waals surface area contributed by atoms with Gasteiger partial charge in [0, 0.05) is 11.6 Å². The lowest BCUT2D eigenvalue weighted by molar-refractivity contribution is -0.137. The largest absolute Gasteiger partial charge is 0.460 e. The van der Waals surface area contributed by atoms with Gasteiger partial charge in [0.15, 0.2) is 0 Å². The van der Waals surface area contributed by atoms with Crippen LogP contribution in [0.25, 0.3) is 0 Å². The highest BCUT2D eigenvalue weighted by atomic mass is 35.5. The number of ether oxygens (including phenoxy) is 12. The first kappa shape index (κ1) is 49.5. The van der Waals surface area contributed by atoms with Gasteiger partial charge in [-0.25, -0.2) is 4.79 Å². The fraction of sp³-hybridized carbons (Fsp3) is 0.658. The van der Waals surface area contributed by atoms with Gasteiger partial charge in [-0.1, -0.05) is 18.2 Å². The van der Waals surface area contributed by atoms with Crippen LogP contribution in [0.15, 0.2) is 48.5 Å². The molecule has 320 valence electrons. The number of nitrogens with one attached hydrogen (secondary N) is 1. The summed E-state index contributed by atoms with van der Waals surface area (Å²) in [5, 5.41) is 2.86. The number of para-hydroxylation sites is 1. The van der Waals surface area contributed by atoms with Gasteiger partial charge in [0.1, 0.15) is 6.61 Å². The lowest BCUT2D eigenvalue weighted by atomic mass is 10.1. The molecule has 18 heteroatoms. The highest BCUT2D eigenvalue weighted by Gasteiger charge is 2.30. The molecule has 0 aliphatic carbocycles. The van der Waals surface area contributed by atoms with E-state index in [0.717, 1.165) is 12.1 Å². The van der Waals surface area contributed by atoms with Crippen LogP contribution < -0.4 is 5.32 Å². The predicted molar refractivity (Wildman–Crippen MR) is 201 cm³/mol. The number of hydrogen-bond donors (Lipinski definition) is 1. The molecule has 0 aliphatic heterocycles. The van der Waals surface area contributed by atoms with Crippen molar-refractivity contribution in [2.75, 3.05) is 163 Å². The van der Waals surface area contributed by atoms with Crippen molar-refractivity contribution in [1.29, 1.82) is 0 Å². The maximum absolute atomic E-state index is 13.1. The van der Waals surface area contributed by atoms with Crippen LogP contribution in [0.5, 0.6) is 0 Å². The highest BCUT2D eigenvalue weighted by Crippen LogP contribution is 2.32. The Bertz CT molecular complexity index is 1240. The van der Waals surface area contributed by atoms with Crippen LogP contribution in [0.4, 0.5) is 24.5 Å². The number of carbonyl (C=O) groups is 1. The molecule has 0 aromatic heterocycles. The summed E-state index contributed by atoms with van der Waals surface area (Å²) in [6.07, 6.45) is -4.48. The molecule has 0 aliphatic rings. The molecular weight excluding hydrogens is 771 g/mol. The van der Waals surface area contributed by atoms with Gasteiger partial charge >= 0.3 is 12.1 Å². The van der Waals surface area contributed by atoms with E-state index in [2.05, 4.69) is 5.32 Å². The number of alkyl halides is 4. The van der Waals surface area contributed by atoms with Crippen molar-refractivity contribution in [2.24, 2.45) is 0 Å². The Kier molecular flexibility index (Phi) is 30.4. The zero-order valence-electron chi connectivity index (χ0n) is 31.9. The fourth-order valence-electron chi connectivity index (χ4n) is 4.33. The van der Waals surface area contributed by atoms with E-state index in [9.17, 15) is 18.0 Å². The number of benzene rings is 2. The Balaban J connectivity index is 1.27. The summed E-state index contributed by atoms with van der Waals surface area (Å²) in [6, 6.07) is 11.1. The van der Waals surface area contributed by atoms with Gasteiger partial charge < -0.3 is 62.2 Å². The molecule has 0 heterocycles. The van der Waals surface area contributed by atoms with E-state index in [0.29, 0.717) is 150 Å². The van der Waals surface area contributed by atoms with Crippen LogP contribution in [-0.2, 0) is 63.0 Å². The molecule has 2 aromatic rings. The SMILES string of the molecule is O=C(OCCOCCOCCOCCOCCOCCOCCOCCOCCOCCOCCOCCCl)c1ccccc1Nc1cccc(C(F)(F)F)c1. The molecule has 0 saturated carbocycles. The van der Waals surface area contributed by atoms with Crippen molar-refractivity contribution in [3.05, 3.63) is 59.7 Å². The Labute approximate surface area is 332 Å². The first-order valence-corrected chi connectivity index (χ1v) is 19.1. The fourth-order valence-corrected chi connectivity index (χ4v) is 4.43. The molecule has 0 unspecified atom stereocenters. The number of carbonyl (C=O) groups excluding carboxylic acids is 1. The predicted octanol–water partition coefficient (Wildman–Crippen LogP) is 5.03. The normalized spacial score (nSPS) is 11.6. The maximum atomic E-state index is 13.1. The van der Waals surface area contributed by atoms with Crippen molar-refractivity contribution >= 4 is 28.9 Å². The standard InChI is InChI=1S/C38H57ClF3NO13/c39-8-9-45-10-11-46-12-13-47-14-15-48-16-17-49-18-19-50-20-21-51-22-23-52-24-25-53-26-27-54-28-29-55-30-31-56-37(44)35-6-1-2-7-36(35)43-34-5-3-4-33(32-34)38(40,41)42/h1-7,32,43H,8-31H2. The lowest BCUT2D eigenvalue weighted by Gasteiger charge is -2.13. The molecule has 0 atom stereocenters. The number of rotatable bonds is 38. The second-order valence-corrected chi connectivity index (χ2v) is 11.7. The molecule has 0 spiro atoms. The Morgan fingerprint density at radius 1 is 0.482 bits per heavy atom. The van der Waals surface area contributed by atoms with Crippen molar-refractivity contribution in [2.45, 2.75) is 6.18 Å². The smallest absolute Gasteiger partial charge is 0.416 e. The second kappa shape index (κ2) is 34.4. The molecule has 14 nitrogen and oxygen atoms in total. The molecule has 2 rings (SSSR count). The van der Waals surface area contributed by atoms with Crippen LogP contribution in [0.3, 0.4) is 0 Å². The van der Waals surface area contributed by atoms with E-state index >= 15 is 0 Å². The van der Waals surface area contributed by atoms with Crippen molar-refractivity contribution < 1.29 is 74.8 Å². The Morgan fingerprint density at radius 2 is 0.839 bits per heavy atom. The molecular formula is C38H57ClF3NO13. The van der Waals surface area contributed by atoms with Crippen LogP contribution in [0, 0.1) is 0 Å². The first-order chi connectivity index (χ1) is 27.4. The minimum atomic E-state index is -4.48. The van der Waals surface area contributed by atoms with E-state index in [1.54, 1.807) is 18.2 Å². The third kappa shape index (κ3) is 27.1. The summed E-state index contributed by atoms with van der Waals surface area (Å²) in [6.45, 7) is 9.76. The number of halogens is 4. The van der Waals surface area contributed by atoms with Crippen molar-refractivity contribution in [3.63, 3.8) is 0 Å². The molecule has 0 saturated heterocycles. The minimum Gasteiger partial charge on any atom is -0.460 e. The van der Waals surface area contributed by atoms with Crippen LogP contribution in [0.2, 0.25) is 0 Å². The number of esters is 1. The molecule has 0 fully saturated rings. The van der Waals surface area contributed by atoms with Crippen molar-refractivity contribution in [3.8, 4) is 0 Å². The highest BCUT2D eigenvalue weighted by molar-refractivity contribution is 6.17. The molecule has 1 N–H and O–H groups in total. The van der Waals surface area contributed by atoms with E-state index in [1.807, 2.05) is 0 Å². The summed E-state index contributed by atoms with van der Waals surface area (Å²) in [7, 11) is 0. The Hall–Kier alpha value is -2.65.